The van der Waals surface area contributed by atoms with E-state index in [1.165, 1.54) is 12.8 Å². The van der Waals surface area contributed by atoms with Crippen LogP contribution in [0.25, 0.3) is 0 Å². The Morgan fingerprint density at radius 1 is 1.24 bits per heavy atom. The topological polar surface area (TPSA) is 55.1 Å². The van der Waals surface area contributed by atoms with E-state index in [2.05, 4.69) is 12.2 Å². The van der Waals surface area contributed by atoms with Crippen LogP contribution in [0, 0.1) is 0 Å². The van der Waals surface area contributed by atoms with Crippen molar-refractivity contribution < 1.29 is 4.79 Å². The minimum Gasteiger partial charge on any atom is -0.374 e. The number of nitrogens with two attached hydrogens (primary N) is 1. The lowest BCUT2D eigenvalue weighted by molar-refractivity contribution is -0.118. The van der Waals surface area contributed by atoms with Crippen molar-refractivity contribution >= 4 is 11.6 Å². The molecule has 0 bridgehead atoms. The number of amides is 1. The summed E-state index contributed by atoms with van der Waals surface area (Å²) in [6.45, 7) is 2.17. The summed E-state index contributed by atoms with van der Waals surface area (Å²) in [5.41, 5.74) is 6.35. The third-order valence-electron chi connectivity index (χ3n) is 2.80. The van der Waals surface area contributed by atoms with Crippen LogP contribution in [0.15, 0.2) is 30.3 Å². The number of unbranched alkanes of at least 4 members (excludes halogenated alkanes) is 3. The highest BCUT2D eigenvalue weighted by Crippen LogP contribution is 2.12. The first-order valence-electron chi connectivity index (χ1n) is 6.35. The Bertz CT molecular complexity index is 324. The Hall–Kier alpha value is -1.51. The van der Waals surface area contributed by atoms with Gasteiger partial charge in [0.15, 0.2) is 0 Å². The highest BCUT2D eigenvalue weighted by atomic mass is 16.1. The van der Waals surface area contributed by atoms with Gasteiger partial charge < -0.3 is 11.1 Å². The third-order valence-corrected chi connectivity index (χ3v) is 2.80. The van der Waals surface area contributed by atoms with Crippen LogP contribution in [-0.2, 0) is 4.79 Å². The van der Waals surface area contributed by atoms with Gasteiger partial charge in [-0.15, -0.1) is 0 Å². The molecule has 3 N–H and O–H groups in total. The molecule has 1 amide bonds. The number of anilines is 1. The molecule has 0 saturated heterocycles. The molecular formula is C14H22N2O. The summed E-state index contributed by atoms with van der Waals surface area (Å²) in [5, 5.41) is 3.18. The van der Waals surface area contributed by atoms with Crippen LogP contribution in [0.3, 0.4) is 0 Å². The van der Waals surface area contributed by atoms with Crippen molar-refractivity contribution in [3.05, 3.63) is 30.3 Å². The molecule has 1 aromatic rings. The molecule has 1 unspecified atom stereocenters. The Labute approximate surface area is 103 Å². The molecule has 3 heteroatoms. The maximum Gasteiger partial charge on any atom is 0.239 e. The number of hydrogen-bond donors (Lipinski definition) is 2. The average molecular weight is 234 g/mol. The number of para-hydroxylation sites is 1. The third kappa shape index (κ3) is 5.38. The van der Waals surface area contributed by atoms with Crippen molar-refractivity contribution in [1.82, 2.24) is 0 Å². The van der Waals surface area contributed by atoms with E-state index >= 15 is 0 Å². The second-order valence-corrected chi connectivity index (χ2v) is 4.31. The summed E-state index contributed by atoms with van der Waals surface area (Å²) in [7, 11) is 0. The Morgan fingerprint density at radius 3 is 2.53 bits per heavy atom. The zero-order valence-corrected chi connectivity index (χ0v) is 10.5. The van der Waals surface area contributed by atoms with Crippen LogP contribution in [0.4, 0.5) is 5.69 Å². The van der Waals surface area contributed by atoms with Crippen LogP contribution in [0.2, 0.25) is 0 Å². The van der Waals surface area contributed by atoms with E-state index < -0.39 is 0 Å². The van der Waals surface area contributed by atoms with Crippen molar-refractivity contribution in [2.75, 3.05) is 5.32 Å². The summed E-state index contributed by atoms with van der Waals surface area (Å²) in [5.74, 6) is -0.273. The molecule has 0 fully saturated rings. The predicted molar refractivity (Wildman–Crippen MR) is 71.8 cm³/mol. The molecule has 0 heterocycles. The van der Waals surface area contributed by atoms with Crippen molar-refractivity contribution in [1.29, 1.82) is 0 Å². The van der Waals surface area contributed by atoms with Gasteiger partial charge in [-0.05, 0) is 18.6 Å². The molecule has 0 aliphatic rings. The zero-order valence-electron chi connectivity index (χ0n) is 10.5. The molecule has 94 valence electrons. The molecule has 0 aromatic heterocycles. The molecule has 0 spiro atoms. The van der Waals surface area contributed by atoms with Crippen molar-refractivity contribution in [2.45, 2.75) is 45.1 Å². The van der Waals surface area contributed by atoms with Gasteiger partial charge >= 0.3 is 0 Å². The molecular weight excluding hydrogens is 212 g/mol. The first-order valence-corrected chi connectivity index (χ1v) is 6.35. The Morgan fingerprint density at radius 2 is 1.94 bits per heavy atom. The van der Waals surface area contributed by atoms with Crippen molar-refractivity contribution in [3.63, 3.8) is 0 Å². The number of rotatable bonds is 8. The van der Waals surface area contributed by atoms with Crippen LogP contribution >= 0.6 is 0 Å². The van der Waals surface area contributed by atoms with E-state index in [4.69, 9.17) is 5.73 Å². The Kier molecular flexibility index (Phi) is 6.15. The number of primary amides is 1. The van der Waals surface area contributed by atoms with Crippen LogP contribution < -0.4 is 11.1 Å². The SMILES string of the molecule is CCCCCCC(Nc1ccccc1)C(N)=O. The van der Waals surface area contributed by atoms with E-state index in [9.17, 15) is 4.79 Å². The number of carbonyl (C=O) groups is 1. The second kappa shape index (κ2) is 7.71. The molecule has 1 rings (SSSR count). The van der Waals surface area contributed by atoms with Gasteiger partial charge in [-0.25, -0.2) is 0 Å². The van der Waals surface area contributed by atoms with Crippen LogP contribution in [0.5, 0.6) is 0 Å². The highest BCUT2D eigenvalue weighted by molar-refractivity contribution is 5.82. The average Bonchev–Trinajstić information content (AvgIpc) is 2.34. The molecule has 1 aromatic carbocycles. The summed E-state index contributed by atoms with van der Waals surface area (Å²) in [6, 6.07) is 9.47. The van der Waals surface area contributed by atoms with Gasteiger partial charge in [0.1, 0.15) is 6.04 Å². The second-order valence-electron chi connectivity index (χ2n) is 4.31. The summed E-state index contributed by atoms with van der Waals surface area (Å²) < 4.78 is 0. The van der Waals surface area contributed by atoms with E-state index in [0.29, 0.717) is 0 Å². The molecule has 0 aliphatic heterocycles. The van der Waals surface area contributed by atoms with Crippen molar-refractivity contribution in [3.8, 4) is 0 Å². The van der Waals surface area contributed by atoms with Crippen LogP contribution in [0.1, 0.15) is 39.0 Å². The van der Waals surface area contributed by atoms with Gasteiger partial charge in [0.25, 0.3) is 0 Å². The molecule has 0 radical (unpaired) electrons. The monoisotopic (exact) mass is 234 g/mol. The fraction of sp³-hybridized carbons (Fsp3) is 0.500. The summed E-state index contributed by atoms with van der Waals surface area (Å²) in [6.07, 6.45) is 5.44. The number of nitrogens with one attached hydrogen (secondary N) is 1. The standard InChI is InChI=1S/C14H22N2O/c1-2-3-4-8-11-13(14(15)17)16-12-9-6-5-7-10-12/h5-7,9-10,13,16H,2-4,8,11H2,1H3,(H2,15,17). The first kappa shape index (κ1) is 13.6. The first-order chi connectivity index (χ1) is 8.24. The number of benzene rings is 1. The summed E-state index contributed by atoms with van der Waals surface area (Å²) >= 11 is 0. The maximum atomic E-state index is 11.3. The Balaban J connectivity index is 2.41. The highest BCUT2D eigenvalue weighted by Gasteiger charge is 2.13. The largest absolute Gasteiger partial charge is 0.374 e. The quantitative estimate of drug-likeness (QED) is 0.679. The predicted octanol–water partition coefficient (Wildman–Crippen LogP) is 2.92. The lowest BCUT2D eigenvalue weighted by Gasteiger charge is -2.16. The minimum absolute atomic E-state index is 0.255. The lowest BCUT2D eigenvalue weighted by Crippen LogP contribution is -2.35. The van der Waals surface area contributed by atoms with Gasteiger partial charge in [0.05, 0.1) is 0 Å². The van der Waals surface area contributed by atoms with Crippen molar-refractivity contribution in [2.24, 2.45) is 5.73 Å². The van der Waals surface area contributed by atoms with Gasteiger partial charge in [-0.3, -0.25) is 4.79 Å². The zero-order chi connectivity index (χ0) is 12.5. The molecule has 1 atom stereocenters. The van der Waals surface area contributed by atoms with Gasteiger partial charge in [-0.1, -0.05) is 50.8 Å². The van der Waals surface area contributed by atoms with E-state index in [0.717, 1.165) is 24.9 Å². The number of carbonyl (C=O) groups excluding carboxylic acids is 1. The molecule has 17 heavy (non-hydrogen) atoms. The fourth-order valence-corrected chi connectivity index (χ4v) is 1.80. The van der Waals surface area contributed by atoms with Gasteiger partial charge in [0, 0.05) is 5.69 Å². The normalized spacial score (nSPS) is 12.1. The van der Waals surface area contributed by atoms with Crippen LogP contribution in [-0.4, -0.2) is 11.9 Å². The maximum absolute atomic E-state index is 11.3. The van der Waals surface area contributed by atoms with Gasteiger partial charge in [0.2, 0.25) is 5.91 Å². The van der Waals surface area contributed by atoms with E-state index in [1.807, 2.05) is 30.3 Å². The molecule has 3 nitrogen and oxygen atoms in total. The molecule has 0 saturated carbocycles. The fourth-order valence-electron chi connectivity index (χ4n) is 1.80. The van der Waals surface area contributed by atoms with E-state index in [-0.39, 0.29) is 11.9 Å². The molecule has 0 aliphatic carbocycles. The lowest BCUT2D eigenvalue weighted by atomic mass is 10.1. The van der Waals surface area contributed by atoms with E-state index in [1.54, 1.807) is 0 Å². The summed E-state index contributed by atoms with van der Waals surface area (Å²) in [4.78, 5) is 11.3. The van der Waals surface area contributed by atoms with Gasteiger partial charge in [-0.2, -0.15) is 0 Å². The minimum atomic E-state index is -0.273. The number of hydrogen-bond acceptors (Lipinski definition) is 2. The smallest absolute Gasteiger partial charge is 0.239 e.